The predicted molar refractivity (Wildman–Crippen MR) is 445 cm³/mol. The molecule has 0 spiro atoms. The number of hydrogen-bond donors (Lipinski definition) is 12. The van der Waals surface area contributed by atoms with E-state index in [-0.39, 0.29) is 291 Å². The third-order valence-electron chi connectivity index (χ3n) is 9.45. The number of aliphatic hydroxyl groups excluding tert-OH is 4. The summed E-state index contributed by atoms with van der Waals surface area (Å²) in [5.74, 6) is -5.87. The second kappa shape index (κ2) is 138. The molecule has 4 amide bonds. The molecule has 0 fully saturated rings. The molecule has 6 aromatic rings. The number of aliphatic hydroxyl groups is 4. The molecule has 0 aromatic heterocycles. The number of Topliss-reactive ketones (excluding diaryl/α,β-unsaturated/α-hetero) is 2. The molecular weight excluding hydrogens is 1840 g/mol. The van der Waals surface area contributed by atoms with Crippen molar-refractivity contribution >= 4 is 47.1 Å². The summed E-state index contributed by atoms with van der Waals surface area (Å²) in [7, 11) is 9.07. The zero-order valence-corrected chi connectivity index (χ0v) is 76.7. The van der Waals surface area contributed by atoms with Gasteiger partial charge in [-0.05, 0) is 33.4 Å². The van der Waals surface area contributed by atoms with E-state index in [1.165, 1.54) is 5.56 Å². The molecule has 26 heteroatoms. The Morgan fingerprint density at radius 1 is 0.349 bits per heavy atom. The number of nitrogens with two attached hydrogens (primary N) is 2. The molecule has 0 heterocycles. The van der Waals surface area contributed by atoms with E-state index in [4.69, 9.17) is 31.3 Å². The van der Waals surface area contributed by atoms with E-state index in [0.717, 1.165) is 27.8 Å². The minimum Gasteiger partial charge on any atom is -0.506 e. The minimum absolute atomic E-state index is 0. The van der Waals surface area contributed by atoms with Gasteiger partial charge in [0.15, 0.2) is 6.10 Å². The molecular formula is C83H152N6O14Y6-6. The van der Waals surface area contributed by atoms with Crippen LogP contribution >= 0.6 is 0 Å². The molecule has 0 aliphatic rings. The van der Waals surface area contributed by atoms with Gasteiger partial charge in [0, 0.05) is 247 Å². The van der Waals surface area contributed by atoms with Crippen LogP contribution in [-0.2, 0) is 274 Å². The van der Waals surface area contributed by atoms with Crippen LogP contribution in [0.1, 0.15) is 198 Å². The smallest absolute Gasteiger partial charge is 0.332 e. The van der Waals surface area contributed by atoms with Gasteiger partial charge in [0.2, 0.25) is 17.6 Å². The van der Waals surface area contributed by atoms with E-state index >= 15 is 0 Å². The first-order valence-corrected chi connectivity index (χ1v) is 29.9. The Balaban J connectivity index is -0.0000000314. The van der Waals surface area contributed by atoms with Crippen molar-refractivity contribution in [3.05, 3.63) is 257 Å². The first kappa shape index (κ1) is 179. The van der Waals surface area contributed by atoms with Crippen molar-refractivity contribution in [3.8, 4) is 0 Å². The second-order valence-electron chi connectivity index (χ2n) is 15.7. The SMILES string of the molecule is C.C.C.C.C.C.C.C.C.C.C.CC.CC.CC.CC.CC.CC.NCc1ccccc1.O=C(O)C(O)Cc1ccccc1.[CH2-]C(=O)C(=O)NCc1ccccc1.[CH2-]C(O)C(=O)NCc1ccccc1.[CH2-]C(O)C(=O)O.[CH2-]N.[CH2-]NC(=O)C(=O)Cc1ccccc1.[CH2-]NC(=O)C(O)Cc1ccccc1.[Y].[Y].[Y].[Y].[Y].[Y]. The van der Waals surface area contributed by atoms with Crippen molar-refractivity contribution in [2.75, 3.05) is 0 Å². The van der Waals surface area contributed by atoms with E-state index in [2.05, 4.69) is 63.6 Å². The van der Waals surface area contributed by atoms with Crippen LogP contribution in [0.15, 0.2) is 182 Å². The number of carboxylic acid groups (broad SMARTS) is 2. The van der Waals surface area contributed by atoms with E-state index in [1.807, 2.05) is 246 Å². The van der Waals surface area contributed by atoms with Crippen LogP contribution in [0.4, 0.5) is 0 Å². The molecule has 4 atom stereocenters. The summed E-state index contributed by atoms with van der Waals surface area (Å²) in [6.45, 7) is 34.4. The number of carbonyl (C=O) groups is 8. The number of hydrogen-bond acceptors (Lipinski definition) is 14. The molecule has 6 radical (unpaired) electrons. The molecule has 622 valence electrons. The van der Waals surface area contributed by atoms with Gasteiger partial charge in [-0.15, -0.1) is 0 Å². The number of aliphatic carboxylic acids is 2. The van der Waals surface area contributed by atoms with E-state index in [9.17, 15) is 43.5 Å². The number of amides is 4. The Hall–Kier alpha value is -2.27. The van der Waals surface area contributed by atoms with Crippen molar-refractivity contribution in [1.29, 1.82) is 0 Å². The molecule has 4 unspecified atom stereocenters. The van der Waals surface area contributed by atoms with E-state index < -0.39 is 71.5 Å². The Morgan fingerprint density at radius 2 is 0.587 bits per heavy atom. The van der Waals surface area contributed by atoms with Crippen molar-refractivity contribution in [2.45, 2.75) is 228 Å². The van der Waals surface area contributed by atoms with Gasteiger partial charge in [-0.2, -0.15) is 6.92 Å². The Kier molecular flexibility index (Phi) is 226. The molecule has 20 nitrogen and oxygen atoms in total. The quantitative estimate of drug-likeness (QED) is 0.0298. The van der Waals surface area contributed by atoms with Crippen LogP contribution in [0.3, 0.4) is 0 Å². The standard InChI is InChI=1S/C10H12NO2.C10H10NO2.C10H12NO2.C10H10NO2.C9H10O3.C7H9N.C3H5O3.6C2H6.CH4N.11CH4.6Y/c2*1-11-10(13)9(12)7-8-5-3-2-4-6-8;2*1-8(12)10(13)11-7-9-5-3-2-4-6-9;10-8(9(11)12)6-7-4-2-1-3-5-7;8-6-7-4-2-1-3-5-7;1-2(4)3(5)6;7*1-2;;;;;;;;;;;;;;;;;/h2-6,9,12H,1,7H2,(H,11,13);2-6H,1,7H2,(H,11,13);2-6,8,12H,1,7H2,(H,11,13);2-6H,1,7H2,(H,11,13);1-5,8,10H,6H2,(H,11,12);1-5H,6,8H2;2,4H,1H2,(H,5,6);6*1-2H3;1-2H2;11*1H4;;;;;;/q4*-1;;;-1;;;;;;;-1;;;;;;;;;;;;;;;;;. The monoisotopic (exact) mass is 1990 g/mol. The summed E-state index contributed by atoms with van der Waals surface area (Å²) >= 11 is 0. The molecule has 0 aliphatic carbocycles. The van der Waals surface area contributed by atoms with Crippen LogP contribution in [-0.4, -0.2) is 102 Å². The largest absolute Gasteiger partial charge is 0.506 e. The fraction of sp³-hybridized carbons (Fsp3) is 0.398. The van der Waals surface area contributed by atoms with Gasteiger partial charge < -0.3 is 86.8 Å². The molecule has 14 N–H and O–H groups in total. The number of nitrogens with one attached hydrogen (secondary N) is 4. The Bertz CT molecular complexity index is 2650. The van der Waals surface area contributed by atoms with Gasteiger partial charge in [-0.25, -0.2) is 4.79 Å². The zero-order valence-electron chi connectivity index (χ0n) is 59.7. The first-order valence-electron chi connectivity index (χ1n) is 29.9. The van der Waals surface area contributed by atoms with Gasteiger partial charge in [0.05, 0.1) is 5.78 Å². The normalized spacial score (nSPS) is 8.28. The van der Waals surface area contributed by atoms with Crippen molar-refractivity contribution in [1.82, 2.24) is 21.3 Å². The van der Waals surface area contributed by atoms with Gasteiger partial charge in [0.1, 0.15) is 12.0 Å². The zero-order chi connectivity index (χ0) is 72.7. The van der Waals surface area contributed by atoms with Crippen molar-refractivity contribution < 1.29 is 265 Å². The first-order chi connectivity index (χ1) is 44.1. The maximum absolute atomic E-state index is 11.1. The topological polar surface area (TPSA) is 358 Å². The predicted octanol–water partition coefficient (Wildman–Crippen LogP) is 16.4. The van der Waals surface area contributed by atoms with Crippen LogP contribution in [0.25, 0.3) is 0 Å². The van der Waals surface area contributed by atoms with Crippen molar-refractivity contribution in [2.24, 2.45) is 11.5 Å². The molecule has 0 saturated carbocycles. The molecule has 6 aromatic carbocycles. The number of rotatable bonds is 17. The summed E-state index contributed by atoms with van der Waals surface area (Å²) in [6.07, 6.45) is -4.37. The van der Waals surface area contributed by atoms with Crippen LogP contribution in [0.5, 0.6) is 0 Å². The number of benzene rings is 6. The Labute approximate surface area is 819 Å². The minimum atomic E-state index is -1.48. The maximum Gasteiger partial charge on any atom is 0.332 e. The summed E-state index contributed by atoms with van der Waals surface area (Å²) in [6, 6.07) is 56.3. The molecule has 0 saturated heterocycles. The van der Waals surface area contributed by atoms with E-state index in [0.29, 0.717) is 26.1 Å². The average molecular weight is 1990 g/mol. The summed E-state index contributed by atoms with van der Waals surface area (Å²) in [4.78, 5) is 84.5. The van der Waals surface area contributed by atoms with Crippen LogP contribution < -0.4 is 32.7 Å². The van der Waals surface area contributed by atoms with Gasteiger partial charge >= 0.3 is 11.9 Å². The number of carboxylic acids is 2. The summed E-state index contributed by atoms with van der Waals surface area (Å²) in [5, 5.41) is 60.3. The molecule has 0 bridgehead atoms. The van der Waals surface area contributed by atoms with Crippen molar-refractivity contribution in [3.63, 3.8) is 0 Å². The van der Waals surface area contributed by atoms with Crippen LogP contribution in [0, 0.1) is 41.9 Å². The maximum atomic E-state index is 11.1. The Morgan fingerprint density at radius 3 is 0.798 bits per heavy atom. The number of carbonyl (C=O) groups excluding carboxylic acids is 6. The van der Waals surface area contributed by atoms with Gasteiger partial charge in [-0.1, -0.05) is 347 Å². The van der Waals surface area contributed by atoms with Gasteiger partial charge in [-0.3, -0.25) is 45.1 Å². The van der Waals surface area contributed by atoms with E-state index in [1.54, 1.807) is 24.3 Å². The molecule has 6 rings (SSSR count). The molecule has 109 heavy (non-hydrogen) atoms. The summed E-state index contributed by atoms with van der Waals surface area (Å²) < 4.78 is 0. The molecule has 0 aliphatic heterocycles. The second-order valence-corrected chi connectivity index (χ2v) is 15.7. The average Bonchev–Trinajstić information content (AvgIpc) is 0.944. The number of ketones is 2. The fourth-order valence-electron chi connectivity index (χ4n) is 5.33. The van der Waals surface area contributed by atoms with Crippen LogP contribution in [0.2, 0.25) is 0 Å². The van der Waals surface area contributed by atoms with Gasteiger partial charge in [0.25, 0.3) is 5.91 Å². The third-order valence-corrected chi connectivity index (χ3v) is 9.45. The third kappa shape index (κ3) is 119. The fourth-order valence-corrected chi connectivity index (χ4v) is 5.33. The summed E-state index contributed by atoms with van der Waals surface area (Å²) in [5.41, 5.74) is 15.3.